The molecule has 4 fully saturated rings. The van der Waals surface area contributed by atoms with Crippen molar-refractivity contribution in [3.05, 3.63) is 57.8 Å². The zero-order chi connectivity index (χ0) is 36.2. The number of anilines is 3. The van der Waals surface area contributed by atoms with Crippen LogP contribution in [0.3, 0.4) is 0 Å². The molecule has 14 heteroatoms. The van der Waals surface area contributed by atoms with E-state index >= 15 is 0 Å². The number of piperidine rings is 2. The van der Waals surface area contributed by atoms with Gasteiger partial charge in [0.2, 0.25) is 11.8 Å². The number of fused-ring (bicyclic) bond motifs is 6. The number of benzene rings is 2. The van der Waals surface area contributed by atoms with E-state index in [0.29, 0.717) is 24.3 Å². The van der Waals surface area contributed by atoms with Crippen molar-refractivity contribution in [1.82, 2.24) is 29.7 Å². The maximum atomic E-state index is 13.2. The van der Waals surface area contributed by atoms with Gasteiger partial charge in [-0.25, -0.2) is 9.78 Å². The number of hydrogen-bond acceptors (Lipinski definition) is 10. The summed E-state index contributed by atoms with van der Waals surface area (Å²) >= 11 is 1.54. The van der Waals surface area contributed by atoms with Crippen LogP contribution < -0.4 is 31.4 Å². The number of amides is 3. The third kappa shape index (κ3) is 5.31. The van der Waals surface area contributed by atoms with Crippen molar-refractivity contribution >= 4 is 78.3 Å². The molecule has 4 saturated heterocycles. The number of carbonyl (C=O) groups is 3. The summed E-state index contributed by atoms with van der Waals surface area (Å²) in [6.45, 7) is 10.1. The molecule has 3 N–H and O–H groups in total. The quantitative estimate of drug-likeness (QED) is 0.231. The van der Waals surface area contributed by atoms with Gasteiger partial charge in [0.25, 0.3) is 5.91 Å². The lowest BCUT2D eigenvalue weighted by Crippen LogP contribution is -2.72. The van der Waals surface area contributed by atoms with Gasteiger partial charge in [0, 0.05) is 98.4 Å². The number of pyridine rings is 1. The summed E-state index contributed by atoms with van der Waals surface area (Å²) in [7, 11) is 1.75. The maximum absolute atomic E-state index is 13.2. The molecule has 5 aliphatic rings. The van der Waals surface area contributed by atoms with Crippen LogP contribution >= 0.6 is 11.3 Å². The summed E-state index contributed by atoms with van der Waals surface area (Å²) < 4.78 is 4.26. The van der Waals surface area contributed by atoms with Gasteiger partial charge >= 0.3 is 5.69 Å². The predicted octanol–water partition coefficient (Wildman–Crippen LogP) is 3.66. The van der Waals surface area contributed by atoms with Crippen molar-refractivity contribution in [2.24, 2.45) is 18.4 Å². The lowest BCUT2D eigenvalue weighted by Gasteiger charge is -2.61. The molecule has 13 nitrogen and oxygen atoms in total. The molecule has 1 unspecified atom stereocenters. The first-order valence-electron chi connectivity index (χ1n) is 18.8. The molecule has 0 radical (unpaired) electrons. The molecule has 0 aliphatic carbocycles. The van der Waals surface area contributed by atoms with Gasteiger partial charge in [-0.15, -0.1) is 11.3 Å². The molecule has 5 aliphatic heterocycles. The molecule has 1 spiro atoms. The molecular weight excluding hydrogens is 691 g/mol. The summed E-state index contributed by atoms with van der Waals surface area (Å²) in [5, 5.41) is 11.2. The Labute approximate surface area is 309 Å². The molecule has 3 aromatic heterocycles. The number of aromatic nitrogens is 3. The highest BCUT2D eigenvalue weighted by molar-refractivity contribution is 7.21. The van der Waals surface area contributed by atoms with E-state index < -0.39 is 11.9 Å². The number of nitrogens with zero attached hydrogens (tertiary/aromatic N) is 6. The summed E-state index contributed by atoms with van der Waals surface area (Å²) in [5.74, 6) is 1.00. The van der Waals surface area contributed by atoms with Crippen LogP contribution in [0.2, 0.25) is 0 Å². The number of hydrogen-bond donors (Lipinski definition) is 3. The summed E-state index contributed by atoms with van der Waals surface area (Å²) in [6, 6.07) is 14.0. The Kier molecular flexibility index (Phi) is 7.42. The van der Waals surface area contributed by atoms with Crippen molar-refractivity contribution in [3.8, 4) is 0 Å². The number of rotatable bonds is 5. The van der Waals surface area contributed by atoms with E-state index in [0.717, 1.165) is 113 Å². The van der Waals surface area contributed by atoms with Crippen LogP contribution in [0, 0.1) is 11.3 Å². The fourth-order valence-corrected chi connectivity index (χ4v) is 10.7. The Morgan fingerprint density at radius 2 is 1.74 bits per heavy atom. The standard InChI is InChI=1S/C39H43N9O4S/c1-22-16-40-34-33-25-4-9-31(42-26(25)5-8-30(33)53-35(34)37(51)41-22)46-13-11-23(12-14-46)17-45-18-39(19-45)20-47(21-39)24-3-6-27-29(15-24)44(2)38(52)48(27)28-7-10-32(49)43-36(28)50/h3-6,8-9,15,22-23,28,40H,7,10-14,16-21H2,1-2H3,(H,41,51)(H,43,49,50)/t22-,28?/m1/s1. The molecule has 0 bridgehead atoms. The van der Waals surface area contributed by atoms with Crippen molar-refractivity contribution in [2.45, 2.75) is 44.7 Å². The highest BCUT2D eigenvalue weighted by atomic mass is 32.1. The molecular formula is C39H43N9O4S. The first-order valence-corrected chi connectivity index (χ1v) is 19.6. The zero-order valence-corrected chi connectivity index (χ0v) is 30.8. The SMILES string of the molecule is C[C@@H]1CNc2c(sc3ccc4nc(N5CCC(CN6CC7(C6)CN(c6ccc8c(c6)n(C)c(=O)n8C6CCC(=O)NC6=O)C7)CC5)ccc4c23)C(=O)N1. The third-order valence-corrected chi connectivity index (χ3v) is 13.4. The van der Waals surface area contributed by atoms with Gasteiger partial charge in [-0.2, -0.15) is 0 Å². The second-order valence-corrected chi connectivity index (χ2v) is 17.1. The van der Waals surface area contributed by atoms with Gasteiger partial charge < -0.3 is 25.3 Å². The van der Waals surface area contributed by atoms with E-state index in [-0.39, 0.29) is 30.0 Å². The van der Waals surface area contributed by atoms with E-state index in [2.05, 4.69) is 67.0 Å². The van der Waals surface area contributed by atoms with E-state index in [1.807, 2.05) is 13.0 Å². The minimum atomic E-state index is -0.673. The van der Waals surface area contributed by atoms with Gasteiger partial charge in [-0.3, -0.25) is 28.8 Å². The minimum Gasteiger partial charge on any atom is -0.381 e. The van der Waals surface area contributed by atoms with Gasteiger partial charge in [0.15, 0.2) is 0 Å². The van der Waals surface area contributed by atoms with Crippen LogP contribution in [0.5, 0.6) is 0 Å². The van der Waals surface area contributed by atoms with Crippen LogP contribution in [0.4, 0.5) is 17.2 Å². The van der Waals surface area contributed by atoms with Crippen LogP contribution in [0.25, 0.3) is 32.0 Å². The molecule has 8 heterocycles. The Morgan fingerprint density at radius 3 is 2.53 bits per heavy atom. The third-order valence-electron chi connectivity index (χ3n) is 12.3. The molecule has 10 rings (SSSR count). The monoisotopic (exact) mass is 733 g/mol. The summed E-state index contributed by atoms with van der Waals surface area (Å²) in [5.41, 5.74) is 4.62. The number of aryl methyl sites for hydroxylation is 1. The Morgan fingerprint density at radius 1 is 0.925 bits per heavy atom. The average Bonchev–Trinajstić information content (AvgIpc) is 3.57. The Hall–Kier alpha value is -4.95. The number of thiophene rings is 1. The van der Waals surface area contributed by atoms with Crippen molar-refractivity contribution in [3.63, 3.8) is 0 Å². The van der Waals surface area contributed by atoms with Crippen molar-refractivity contribution < 1.29 is 14.4 Å². The smallest absolute Gasteiger partial charge is 0.329 e. The van der Waals surface area contributed by atoms with E-state index in [4.69, 9.17) is 4.98 Å². The minimum absolute atomic E-state index is 0.00650. The van der Waals surface area contributed by atoms with Gasteiger partial charge in [0.1, 0.15) is 16.7 Å². The van der Waals surface area contributed by atoms with Crippen LogP contribution in [0.1, 0.15) is 48.3 Å². The molecule has 2 aromatic carbocycles. The highest BCUT2D eigenvalue weighted by Gasteiger charge is 2.52. The van der Waals surface area contributed by atoms with Crippen molar-refractivity contribution in [2.75, 3.05) is 67.5 Å². The Bertz CT molecular complexity index is 2410. The fourth-order valence-electron chi connectivity index (χ4n) is 9.56. The first kappa shape index (κ1) is 32.7. The predicted molar refractivity (Wildman–Crippen MR) is 207 cm³/mol. The largest absolute Gasteiger partial charge is 0.381 e. The molecule has 274 valence electrons. The van der Waals surface area contributed by atoms with Gasteiger partial charge in [0.05, 0.1) is 22.2 Å². The highest BCUT2D eigenvalue weighted by Crippen LogP contribution is 2.44. The lowest BCUT2D eigenvalue weighted by atomic mass is 9.72. The number of carbonyl (C=O) groups excluding carboxylic acids is 3. The van der Waals surface area contributed by atoms with Crippen LogP contribution in [-0.2, 0) is 16.6 Å². The number of nitrogens with one attached hydrogen (secondary N) is 3. The molecule has 0 saturated carbocycles. The normalized spacial score (nSPS) is 23.5. The second kappa shape index (κ2) is 12.0. The molecule has 53 heavy (non-hydrogen) atoms. The lowest BCUT2D eigenvalue weighted by molar-refractivity contribution is -0.135. The molecule has 2 atom stereocenters. The number of likely N-dealkylation sites (tertiary alicyclic amines) is 1. The second-order valence-electron chi connectivity index (χ2n) is 16.0. The van der Waals surface area contributed by atoms with E-state index in [9.17, 15) is 19.2 Å². The number of imidazole rings is 1. The maximum Gasteiger partial charge on any atom is 0.329 e. The fraction of sp³-hybridized carbons (Fsp3) is 0.462. The van der Waals surface area contributed by atoms with E-state index in [1.165, 1.54) is 0 Å². The zero-order valence-electron chi connectivity index (χ0n) is 30.0. The molecule has 5 aromatic rings. The topological polar surface area (TPSA) is 137 Å². The average molecular weight is 734 g/mol. The summed E-state index contributed by atoms with van der Waals surface area (Å²) in [6.07, 6.45) is 2.87. The summed E-state index contributed by atoms with van der Waals surface area (Å²) in [4.78, 5) is 63.6. The number of imide groups is 1. The first-order chi connectivity index (χ1) is 25.6. The van der Waals surface area contributed by atoms with Crippen LogP contribution in [0.15, 0.2) is 47.3 Å². The van der Waals surface area contributed by atoms with Crippen molar-refractivity contribution in [1.29, 1.82) is 0 Å². The van der Waals surface area contributed by atoms with Gasteiger partial charge in [-0.1, -0.05) is 0 Å². The Balaban J connectivity index is 0.746. The molecule has 3 amide bonds. The van der Waals surface area contributed by atoms with Gasteiger partial charge in [-0.05, 0) is 74.6 Å². The van der Waals surface area contributed by atoms with Crippen LogP contribution in [-0.4, -0.2) is 95.1 Å². The van der Waals surface area contributed by atoms with E-state index in [1.54, 1.807) is 27.5 Å².